The normalized spacial score (nSPS) is 29.4. The van der Waals surface area contributed by atoms with Crippen molar-refractivity contribution in [2.45, 2.75) is 82.2 Å². The monoisotopic (exact) mass is 278 g/mol. The van der Waals surface area contributed by atoms with Gasteiger partial charge in [0.15, 0.2) is 0 Å². The Balaban J connectivity index is 1.91. The summed E-state index contributed by atoms with van der Waals surface area (Å²) in [5.74, 6) is 0.261. The molecule has 0 radical (unpaired) electrons. The van der Waals surface area contributed by atoms with Crippen molar-refractivity contribution in [1.29, 1.82) is 0 Å². The van der Waals surface area contributed by atoms with E-state index in [9.17, 15) is 9.59 Å². The maximum Gasteiger partial charge on any atom is 0.248 e. The topological polar surface area (TPSA) is 49.4 Å². The number of rotatable bonds is 1. The second-order valence-electron chi connectivity index (χ2n) is 7.10. The predicted octanol–water partition coefficient (Wildman–Crippen LogP) is 2.37. The van der Waals surface area contributed by atoms with Crippen LogP contribution in [0.15, 0.2) is 0 Å². The Morgan fingerprint density at radius 2 is 1.55 bits per heavy atom. The smallest absolute Gasteiger partial charge is 0.248 e. The van der Waals surface area contributed by atoms with Gasteiger partial charge in [0.25, 0.3) is 0 Å². The molecule has 0 aromatic rings. The van der Waals surface area contributed by atoms with E-state index in [1.807, 2.05) is 0 Å². The van der Waals surface area contributed by atoms with Crippen LogP contribution in [-0.2, 0) is 9.59 Å². The second kappa shape index (κ2) is 5.05. The molecule has 1 heterocycles. The minimum Gasteiger partial charge on any atom is -0.342 e. The highest BCUT2D eigenvalue weighted by Crippen LogP contribution is 2.39. The molecule has 1 aliphatic heterocycles. The fourth-order valence-corrected chi connectivity index (χ4v) is 4.37. The number of hydrogen-bond acceptors (Lipinski definition) is 2. The Morgan fingerprint density at radius 3 is 2.20 bits per heavy atom. The summed E-state index contributed by atoms with van der Waals surface area (Å²) in [6.45, 7) is 2.81. The molecule has 3 aliphatic rings. The largest absolute Gasteiger partial charge is 0.342 e. The first kappa shape index (κ1) is 13.9. The Labute approximate surface area is 121 Å². The fourth-order valence-electron chi connectivity index (χ4n) is 4.37. The van der Waals surface area contributed by atoms with Crippen LogP contribution in [-0.4, -0.2) is 34.3 Å². The molecule has 20 heavy (non-hydrogen) atoms. The SMILES string of the molecule is CC1(N2CCC(=O)NC3(CCCCC3)C2=O)CCCC1. The van der Waals surface area contributed by atoms with Crippen molar-refractivity contribution in [1.82, 2.24) is 10.2 Å². The molecule has 1 spiro atoms. The number of carbonyl (C=O) groups is 2. The third kappa shape index (κ3) is 2.23. The average molecular weight is 278 g/mol. The number of nitrogens with one attached hydrogen (secondary N) is 1. The maximum atomic E-state index is 13.2. The van der Waals surface area contributed by atoms with E-state index in [1.54, 1.807) is 0 Å². The minimum absolute atomic E-state index is 0.0200. The summed E-state index contributed by atoms with van der Waals surface area (Å²) in [6, 6.07) is 0. The van der Waals surface area contributed by atoms with E-state index in [0.29, 0.717) is 13.0 Å². The summed E-state index contributed by atoms with van der Waals surface area (Å²) in [6.07, 6.45) is 9.97. The standard InChI is InChI=1S/C16H26N2O2/c1-15(8-5-6-9-15)18-12-7-13(19)17-16(14(18)20)10-3-2-4-11-16/h2-12H2,1H3,(H,17,19). The molecular formula is C16H26N2O2. The maximum absolute atomic E-state index is 13.2. The summed E-state index contributed by atoms with van der Waals surface area (Å²) < 4.78 is 0. The van der Waals surface area contributed by atoms with E-state index in [2.05, 4.69) is 17.1 Å². The zero-order valence-electron chi connectivity index (χ0n) is 12.5. The van der Waals surface area contributed by atoms with Gasteiger partial charge in [-0.1, -0.05) is 32.1 Å². The molecule has 3 fully saturated rings. The number of carbonyl (C=O) groups excluding carboxylic acids is 2. The molecule has 112 valence electrons. The summed E-state index contributed by atoms with van der Waals surface area (Å²) in [5, 5.41) is 3.08. The molecule has 0 aromatic heterocycles. The number of nitrogens with zero attached hydrogens (tertiary/aromatic N) is 1. The summed E-state index contributed by atoms with van der Waals surface area (Å²) in [5.41, 5.74) is -0.606. The van der Waals surface area contributed by atoms with Gasteiger partial charge < -0.3 is 10.2 Å². The molecular weight excluding hydrogens is 252 g/mol. The van der Waals surface area contributed by atoms with Gasteiger partial charge in [0.2, 0.25) is 11.8 Å². The van der Waals surface area contributed by atoms with Gasteiger partial charge in [-0.05, 0) is 32.6 Å². The van der Waals surface area contributed by atoms with Gasteiger partial charge in [-0.2, -0.15) is 0 Å². The lowest BCUT2D eigenvalue weighted by atomic mass is 9.79. The third-order valence-corrected chi connectivity index (χ3v) is 5.64. The van der Waals surface area contributed by atoms with Gasteiger partial charge in [-0.3, -0.25) is 9.59 Å². The van der Waals surface area contributed by atoms with Crippen LogP contribution in [0.1, 0.15) is 71.1 Å². The van der Waals surface area contributed by atoms with E-state index in [0.717, 1.165) is 38.5 Å². The highest BCUT2D eigenvalue weighted by Gasteiger charge is 2.49. The molecule has 4 heteroatoms. The van der Waals surface area contributed by atoms with Gasteiger partial charge in [-0.15, -0.1) is 0 Å². The van der Waals surface area contributed by atoms with Crippen molar-refractivity contribution < 1.29 is 9.59 Å². The third-order valence-electron chi connectivity index (χ3n) is 5.64. The van der Waals surface area contributed by atoms with Crippen LogP contribution in [0.25, 0.3) is 0 Å². The molecule has 2 amide bonds. The zero-order valence-corrected chi connectivity index (χ0v) is 12.5. The van der Waals surface area contributed by atoms with Gasteiger partial charge in [0, 0.05) is 18.5 Å². The lowest BCUT2D eigenvalue weighted by Crippen LogP contribution is -2.61. The number of amides is 2. The number of hydrogen-bond donors (Lipinski definition) is 1. The molecule has 0 atom stereocenters. The van der Waals surface area contributed by atoms with Crippen molar-refractivity contribution in [3.63, 3.8) is 0 Å². The molecule has 1 N–H and O–H groups in total. The first-order valence-corrected chi connectivity index (χ1v) is 8.19. The molecule has 0 unspecified atom stereocenters. The van der Waals surface area contributed by atoms with Crippen molar-refractivity contribution in [3.05, 3.63) is 0 Å². The minimum atomic E-state index is -0.586. The summed E-state index contributed by atoms with van der Waals surface area (Å²) in [7, 11) is 0. The average Bonchev–Trinajstić information content (AvgIpc) is 2.82. The zero-order chi connectivity index (χ0) is 14.2. The van der Waals surface area contributed by atoms with Gasteiger partial charge in [0.05, 0.1) is 0 Å². The molecule has 0 aromatic carbocycles. The van der Waals surface area contributed by atoms with Crippen molar-refractivity contribution in [3.8, 4) is 0 Å². The summed E-state index contributed by atoms with van der Waals surface area (Å²) in [4.78, 5) is 27.3. The molecule has 1 saturated heterocycles. The predicted molar refractivity (Wildman–Crippen MR) is 77.2 cm³/mol. The Morgan fingerprint density at radius 1 is 0.950 bits per heavy atom. The van der Waals surface area contributed by atoms with Gasteiger partial charge in [0.1, 0.15) is 5.54 Å². The Bertz CT molecular complexity index is 407. The van der Waals surface area contributed by atoms with Crippen LogP contribution < -0.4 is 5.32 Å². The lowest BCUT2D eigenvalue weighted by Gasteiger charge is -2.44. The van der Waals surface area contributed by atoms with E-state index < -0.39 is 5.54 Å². The Hall–Kier alpha value is -1.06. The first-order chi connectivity index (χ1) is 9.56. The molecule has 3 rings (SSSR count). The molecule has 2 aliphatic carbocycles. The van der Waals surface area contributed by atoms with Crippen LogP contribution in [0.5, 0.6) is 0 Å². The van der Waals surface area contributed by atoms with Crippen LogP contribution in [0, 0.1) is 0 Å². The van der Waals surface area contributed by atoms with E-state index >= 15 is 0 Å². The van der Waals surface area contributed by atoms with Crippen molar-refractivity contribution >= 4 is 11.8 Å². The van der Waals surface area contributed by atoms with Crippen LogP contribution in [0.4, 0.5) is 0 Å². The van der Waals surface area contributed by atoms with Crippen molar-refractivity contribution in [2.24, 2.45) is 0 Å². The molecule has 0 bridgehead atoms. The van der Waals surface area contributed by atoms with Crippen LogP contribution in [0.3, 0.4) is 0 Å². The fraction of sp³-hybridized carbons (Fsp3) is 0.875. The summed E-state index contributed by atoms with van der Waals surface area (Å²) >= 11 is 0. The molecule has 2 saturated carbocycles. The molecule has 4 nitrogen and oxygen atoms in total. The quantitative estimate of drug-likeness (QED) is 0.800. The van der Waals surface area contributed by atoms with Crippen LogP contribution >= 0.6 is 0 Å². The van der Waals surface area contributed by atoms with E-state index in [-0.39, 0.29) is 17.4 Å². The second-order valence-corrected chi connectivity index (χ2v) is 7.10. The lowest BCUT2D eigenvalue weighted by molar-refractivity contribution is -0.145. The van der Waals surface area contributed by atoms with Crippen molar-refractivity contribution in [2.75, 3.05) is 6.54 Å². The Kier molecular flexibility index (Phi) is 3.51. The first-order valence-electron chi connectivity index (χ1n) is 8.19. The van der Waals surface area contributed by atoms with E-state index in [1.165, 1.54) is 19.3 Å². The highest BCUT2D eigenvalue weighted by molar-refractivity contribution is 5.94. The highest BCUT2D eigenvalue weighted by atomic mass is 16.2. The van der Waals surface area contributed by atoms with E-state index in [4.69, 9.17) is 0 Å². The van der Waals surface area contributed by atoms with Gasteiger partial charge in [-0.25, -0.2) is 0 Å². The van der Waals surface area contributed by atoms with Gasteiger partial charge >= 0.3 is 0 Å². The van der Waals surface area contributed by atoms with Crippen LogP contribution in [0.2, 0.25) is 0 Å².